The van der Waals surface area contributed by atoms with E-state index in [9.17, 15) is 18.0 Å². The van der Waals surface area contributed by atoms with Gasteiger partial charge in [0.15, 0.2) is 0 Å². The zero-order valence-corrected chi connectivity index (χ0v) is 11.8. The fourth-order valence-electron chi connectivity index (χ4n) is 2.46. The summed E-state index contributed by atoms with van der Waals surface area (Å²) in [6, 6.07) is 4.95. The second kappa shape index (κ2) is 6.47. The maximum Gasteiger partial charge on any atom is 0.416 e. The Labute approximate surface area is 121 Å². The number of ether oxygens (including phenoxy) is 1. The molecule has 3 nitrogen and oxygen atoms in total. The maximum absolute atomic E-state index is 12.7. The fraction of sp³-hybridized carbons (Fsp3) is 0.533. The van der Waals surface area contributed by atoms with E-state index >= 15 is 0 Å². The molecule has 1 fully saturated rings. The first kappa shape index (κ1) is 15.8. The number of hydrogen-bond donors (Lipinski definition) is 0. The lowest BCUT2D eigenvalue weighted by Gasteiger charge is -2.35. The summed E-state index contributed by atoms with van der Waals surface area (Å²) in [6.07, 6.45) is -3.63. The van der Waals surface area contributed by atoms with E-state index in [2.05, 4.69) is 0 Å². The molecule has 1 heterocycles. The summed E-state index contributed by atoms with van der Waals surface area (Å²) < 4.78 is 43.3. The van der Waals surface area contributed by atoms with Crippen LogP contribution in [-0.4, -0.2) is 36.6 Å². The molecular weight excluding hydrogens is 283 g/mol. The van der Waals surface area contributed by atoms with Crippen molar-refractivity contribution in [3.05, 3.63) is 35.4 Å². The molecule has 0 spiro atoms. The van der Waals surface area contributed by atoms with Crippen LogP contribution in [0.2, 0.25) is 0 Å². The molecule has 1 aromatic carbocycles. The van der Waals surface area contributed by atoms with Crippen molar-refractivity contribution < 1.29 is 22.7 Å². The van der Waals surface area contributed by atoms with E-state index in [1.165, 1.54) is 6.07 Å². The number of alkyl halides is 3. The Morgan fingerprint density at radius 1 is 1.43 bits per heavy atom. The first-order valence-corrected chi connectivity index (χ1v) is 6.95. The molecule has 0 unspecified atom stereocenters. The van der Waals surface area contributed by atoms with Crippen LogP contribution >= 0.6 is 0 Å². The minimum absolute atomic E-state index is 0.0112. The van der Waals surface area contributed by atoms with Gasteiger partial charge in [-0.2, -0.15) is 13.2 Å². The van der Waals surface area contributed by atoms with Crippen molar-refractivity contribution in [1.29, 1.82) is 0 Å². The van der Waals surface area contributed by atoms with Gasteiger partial charge in [-0.1, -0.05) is 25.1 Å². The standard InChI is InChI=1S/C15H18F3NO2/c1-2-13-10-21-7-6-19(13)14(20)9-11-4-3-5-12(8-11)15(16,17)18/h3-5,8,13H,2,6-7,9-10H2,1H3/t13-/m1/s1. The fourth-order valence-corrected chi connectivity index (χ4v) is 2.46. The predicted molar refractivity (Wildman–Crippen MR) is 71.8 cm³/mol. The molecule has 1 saturated heterocycles. The van der Waals surface area contributed by atoms with E-state index in [0.717, 1.165) is 18.6 Å². The number of hydrogen-bond acceptors (Lipinski definition) is 2. The van der Waals surface area contributed by atoms with Gasteiger partial charge in [-0.15, -0.1) is 0 Å². The zero-order chi connectivity index (χ0) is 15.5. The Hall–Kier alpha value is -1.56. The van der Waals surface area contributed by atoms with Crippen LogP contribution in [0.4, 0.5) is 13.2 Å². The van der Waals surface area contributed by atoms with E-state index < -0.39 is 11.7 Å². The van der Waals surface area contributed by atoms with Crippen LogP contribution in [0.25, 0.3) is 0 Å². The molecule has 1 aliphatic heterocycles. The van der Waals surface area contributed by atoms with Crippen LogP contribution in [0.15, 0.2) is 24.3 Å². The molecule has 6 heteroatoms. The lowest BCUT2D eigenvalue weighted by Crippen LogP contribution is -2.48. The second-order valence-electron chi connectivity index (χ2n) is 5.10. The Morgan fingerprint density at radius 3 is 2.86 bits per heavy atom. The van der Waals surface area contributed by atoms with Crippen LogP contribution in [0.1, 0.15) is 24.5 Å². The minimum Gasteiger partial charge on any atom is -0.377 e. The lowest BCUT2D eigenvalue weighted by atomic mass is 10.1. The summed E-state index contributed by atoms with van der Waals surface area (Å²) in [6.45, 7) is 3.43. The summed E-state index contributed by atoms with van der Waals surface area (Å²) in [5.41, 5.74) is -0.335. The number of rotatable bonds is 3. The molecular formula is C15H18F3NO2. The van der Waals surface area contributed by atoms with Gasteiger partial charge in [-0.05, 0) is 18.1 Å². The van der Waals surface area contributed by atoms with Crippen LogP contribution in [0.3, 0.4) is 0 Å². The predicted octanol–water partition coefficient (Wildman–Crippen LogP) is 2.89. The van der Waals surface area contributed by atoms with Crippen molar-refractivity contribution in [2.45, 2.75) is 32.0 Å². The zero-order valence-electron chi connectivity index (χ0n) is 11.8. The van der Waals surface area contributed by atoms with Crippen LogP contribution < -0.4 is 0 Å². The van der Waals surface area contributed by atoms with E-state index in [4.69, 9.17) is 4.74 Å². The summed E-state index contributed by atoms with van der Waals surface area (Å²) in [5, 5.41) is 0. The highest BCUT2D eigenvalue weighted by Gasteiger charge is 2.31. The van der Waals surface area contributed by atoms with Gasteiger partial charge >= 0.3 is 6.18 Å². The van der Waals surface area contributed by atoms with Crippen molar-refractivity contribution in [3.8, 4) is 0 Å². The van der Waals surface area contributed by atoms with Gasteiger partial charge in [-0.25, -0.2) is 0 Å². The minimum atomic E-state index is -4.38. The average molecular weight is 301 g/mol. The largest absolute Gasteiger partial charge is 0.416 e. The summed E-state index contributed by atoms with van der Waals surface area (Å²) >= 11 is 0. The molecule has 1 amide bonds. The number of carbonyl (C=O) groups is 1. The summed E-state index contributed by atoms with van der Waals surface area (Å²) in [5.74, 6) is -0.149. The second-order valence-corrected chi connectivity index (χ2v) is 5.10. The first-order chi connectivity index (χ1) is 9.91. The number of morpholine rings is 1. The molecule has 116 valence electrons. The molecule has 0 N–H and O–H groups in total. The number of halogens is 3. The molecule has 21 heavy (non-hydrogen) atoms. The van der Waals surface area contributed by atoms with Crippen LogP contribution in [-0.2, 0) is 22.1 Å². The van der Waals surface area contributed by atoms with Gasteiger partial charge in [-0.3, -0.25) is 4.79 Å². The van der Waals surface area contributed by atoms with E-state index in [-0.39, 0.29) is 18.4 Å². The molecule has 1 aliphatic rings. The van der Waals surface area contributed by atoms with Crippen LogP contribution in [0.5, 0.6) is 0 Å². The Bertz CT molecular complexity index is 502. The quantitative estimate of drug-likeness (QED) is 0.859. The van der Waals surface area contributed by atoms with E-state index in [0.29, 0.717) is 25.3 Å². The van der Waals surface area contributed by atoms with Gasteiger partial charge in [0.05, 0.1) is 31.2 Å². The molecule has 1 atom stereocenters. The third-order valence-electron chi connectivity index (χ3n) is 3.63. The van der Waals surface area contributed by atoms with Crippen LogP contribution in [0, 0.1) is 0 Å². The smallest absolute Gasteiger partial charge is 0.377 e. The highest BCUT2D eigenvalue weighted by atomic mass is 19.4. The highest BCUT2D eigenvalue weighted by Crippen LogP contribution is 2.29. The molecule has 0 radical (unpaired) electrons. The van der Waals surface area contributed by atoms with Gasteiger partial charge in [0.1, 0.15) is 0 Å². The number of benzene rings is 1. The molecule has 1 aromatic rings. The molecule has 2 rings (SSSR count). The Morgan fingerprint density at radius 2 is 2.19 bits per heavy atom. The van der Waals surface area contributed by atoms with Crippen molar-refractivity contribution in [1.82, 2.24) is 4.90 Å². The van der Waals surface area contributed by atoms with E-state index in [1.54, 1.807) is 11.0 Å². The topological polar surface area (TPSA) is 29.5 Å². The normalized spacial score (nSPS) is 19.6. The number of nitrogens with zero attached hydrogens (tertiary/aromatic N) is 1. The van der Waals surface area contributed by atoms with Crippen molar-refractivity contribution in [2.24, 2.45) is 0 Å². The van der Waals surface area contributed by atoms with Gasteiger partial charge < -0.3 is 9.64 Å². The third kappa shape index (κ3) is 3.97. The Balaban J connectivity index is 2.08. The molecule has 0 bridgehead atoms. The number of amides is 1. The van der Waals surface area contributed by atoms with Crippen molar-refractivity contribution in [2.75, 3.05) is 19.8 Å². The molecule has 0 saturated carbocycles. The first-order valence-electron chi connectivity index (χ1n) is 6.95. The summed E-state index contributed by atoms with van der Waals surface area (Å²) in [4.78, 5) is 14.0. The SMILES string of the molecule is CC[C@@H]1COCCN1C(=O)Cc1cccc(C(F)(F)F)c1. The van der Waals surface area contributed by atoms with Gasteiger partial charge in [0.25, 0.3) is 0 Å². The third-order valence-corrected chi connectivity index (χ3v) is 3.63. The average Bonchev–Trinajstić information content (AvgIpc) is 2.46. The summed E-state index contributed by atoms with van der Waals surface area (Å²) in [7, 11) is 0. The van der Waals surface area contributed by atoms with Gasteiger partial charge in [0.2, 0.25) is 5.91 Å². The van der Waals surface area contributed by atoms with Gasteiger partial charge in [0, 0.05) is 6.54 Å². The molecule has 0 aliphatic carbocycles. The highest BCUT2D eigenvalue weighted by molar-refractivity contribution is 5.79. The Kier molecular flexibility index (Phi) is 4.88. The molecule has 0 aromatic heterocycles. The van der Waals surface area contributed by atoms with Crippen molar-refractivity contribution in [3.63, 3.8) is 0 Å². The van der Waals surface area contributed by atoms with Crippen molar-refractivity contribution >= 4 is 5.91 Å². The lowest BCUT2D eigenvalue weighted by molar-refractivity contribution is -0.140. The maximum atomic E-state index is 12.7. The monoisotopic (exact) mass is 301 g/mol. The van der Waals surface area contributed by atoms with E-state index in [1.807, 2.05) is 6.92 Å². The number of carbonyl (C=O) groups excluding carboxylic acids is 1.